The maximum absolute atomic E-state index is 6.05. The Morgan fingerprint density at radius 3 is 2.43 bits per heavy atom. The van der Waals surface area contributed by atoms with Crippen LogP contribution in [0.3, 0.4) is 0 Å². The smallest absolute Gasteiger partial charge is 0.123 e. The van der Waals surface area contributed by atoms with Crippen LogP contribution in [0, 0.1) is 6.92 Å². The van der Waals surface area contributed by atoms with Crippen molar-refractivity contribution >= 4 is 21.6 Å². The first-order chi connectivity index (χ1) is 9.77. The fraction of sp³-hybridized carbons (Fsp3) is 0.333. The van der Waals surface area contributed by atoms with E-state index in [1.807, 2.05) is 18.2 Å². The first-order valence-electron chi connectivity index (χ1n) is 7.05. The second kappa shape index (κ2) is 6.10. The van der Waals surface area contributed by atoms with Crippen LogP contribution in [0.4, 0.5) is 5.69 Å². The molecular weight excluding hydrogens is 326 g/mol. The quantitative estimate of drug-likeness (QED) is 0.772. The van der Waals surface area contributed by atoms with Crippen LogP contribution in [0.15, 0.2) is 40.9 Å². The van der Waals surface area contributed by atoms with Crippen LogP contribution in [0.5, 0.6) is 5.75 Å². The molecular formula is C18H22BrNO. The van der Waals surface area contributed by atoms with Gasteiger partial charge in [-0.15, -0.1) is 0 Å². The highest BCUT2D eigenvalue weighted by atomic mass is 79.9. The molecule has 2 N–H and O–H groups in total. The highest BCUT2D eigenvalue weighted by molar-refractivity contribution is 9.10. The Bertz CT molecular complexity index is 644. The molecule has 0 fully saturated rings. The zero-order valence-electron chi connectivity index (χ0n) is 13.0. The number of benzene rings is 2. The zero-order chi connectivity index (χ0) is 15.6. The van der Waals surface area contributed by atoms with E-state index in [0.717, 1.165) is 21.5 Å². The van der Waals surface area contributed by atoms with Crippen LogP contribution in [-0.2, 0) is 12.0 Å². The summed E-state index contributed by atoms with van der Waals surface area (Å²) in [7, 11) is 0. The summed E-state index contributed by atoms with van der Waals surface area (Å²) in [4.78, 5) is 0. The Labute approximate surface area is 135 Å². The Morgan fingerprint density at radius 1 is 1.10 bits per heavy atom. The lowest BCUT2D eigenvalue weighted by Gasteiger charge is -2.23. The number of anilines is 1. The van der Waals surface area contributed by atoms with E-state index in [2.05, 4.69) is 61.8 Å². The summed E-state index contributed by atoms with van der Waals surface area (Å²) in [5, 5.41) is 0. The van der Waals surface area contributed by atoms with Gasteiger partial charge in [0.2, 0.25) is 0 Å². The Hall–Kier alpha value is -1.48. The summed E-state index contributed by atoms with van der Waals surface area (Å²) in [6, 6.07) is 12.1. The number of nitrogens with two attached hydrogens (primary N) is 1. The maximum Gasteiger partial charge on any atom is 0.123 e. The van der Waals surface area contributed by atoms with Gasteiger partial charge in [0.05, 0.1) is 0 Å². The monoisotopic (exact) mass is 347 g/mol. The van der Waals surface area contributed by atoms with Gasteiger partial charge in [-0.25, -0.2) is 0 Å². The highest BCUT2D eigenvalue weighted by Gasteiger charge is 2.19. The third-order valence-corrected chi connectivity index (χ3v) is 4.14. The van der Waals surface area contributed by atoms with Gasteiger partial charge in [-0.3, -0.25) is 0 Å². The molecule has 0 heterocycles. The van der Waals surface area contributed by atoms with Crippen molar-refractivity contribution in [2.45, 2.75) is 39.7 Å². The van der Waals surface area contributed by atoms with Gasteiger partial charge in [0.1, 0.15) is 12.4 Å². The van der Waals surface area contributed by atoms with Crippen molar-refractivity contribution in [1.82, 2.24) is 0 Å². The van der Waals surface area contributed by atoms with E-state index >= 15 is 0 Å². The van der Waals surface area contributed by atoms with Crippen molar-refractivity contribution in [2.24, 2.45) is 0 Å². The van der Waals surface area contributed by atoms with E-state index in [4.69, 9.17) is 10.5 Å². The van der Waals surface area contributed by atoms with E-state index < -0.39 is 0 Å². The lowest BCUT2D eigenvalue weighted by Crippen LogP contribution is -2.14. The minimum absolute atomic E-state index is 0.0553. The lowest BCUT2D eigenvalue weighted by atomic mass is 9.85. The molecule has 0 bridgehead atoms. The van der Waals surface area contributed by atoms with Crippen LogP contribution >= 0.6 is 15.9 Å². The van der Waals surface area contributed by atoms with Crippen LogP contribution in [0.25, 0.3) is 0 Å². The second-order valence-electron chi connectivity index (χ2n) is 6.39. The zero-order valence-corrected chi connectivity index (χ0v) is 14.6. The number of ether oxygens (including phenoxy) is 1. The summed E-state index contributed by atoms with van der Waals surface area (Å²) < 4.78 is 7.03. The average molecular weight is 348 g/mol. The van der Waals surface area contributed by atoms with Crippen molar-refractivity contribution in [3.05, 3.63) is 57.6 Å². The van der Waals surface area contributed by atoms with Crippen molar-refractivity contribution < 1.29 is 4.74 Å². The number of hydrogen-bond donors (Lipinski definition) is 1. The van der Waals surface area contributed by atoms with Crippen molar-refractivity contribution in [3.63, 3.8) is 0 Å². The summed E-state index contributed by atoms with van der Waals surface area (Å²) in [5.41, 5.74) is 10.1. The molecule has 0 aliphatic heterocycles. The van der Waals surface area contributed by atoms with Crippen molar-refractivity contribution in [2.75, 3.05) is 5.73 Å². The van der Waals surface area contributed by atoms with Gasteiger partial charge in [0, 0.05) is 15.7 Å². The minimum atomic E-state index is 0.0553. The molecule has 2 rings (SSSR count). The number of aryl methyl sites for hydroxylation is 1. The molecule has 2 aromatic carbocycles. The molecule has 0 saturated carbocycles. The number of hydrogen-bond acceptors (Lipinski definition) is 2. The summed E-state index contributed by atoms with van der Waals surface area (Å²) in [6.07, 6.45) is 0. The molecule has 0 aliphatic rings. The van der Waals surface area contributed by atoms with E-state index in [1.54, 1.807) is 0 Å². The molecule has 112 valence electrons. The van der Waals surface area contributed by atoms with Gasteiger partial charge in [0.25, 0.3) is 0 Å². The van der Waals surface area contributed by atoms with Crippen molar-refractivity contribution in [1.29, 1.82) is 0 Å². The van der Waals surface area contributed by atoms with Gasteiger partial charge in [0.15, 0.2) is 0 Å². The molecule has 0 spiro atoms. The largest absolute Gasteiger partial charge is 0.489 e. The normalized spacial score (nSPS) is 11.5. The Balaban J connectivity index is 2.24. The predicted molar refractivity (Wildman–Crippen MR) is 92.8 cm³/mol. The third kappa shape index (κ3) is 4.01. The molecule has 0 unspecified atom stereocenters. The molecule has 0 radical (unpaired) electrons. The van der Waals surface area contributed by atoms with E-state index in [9.17, 15) is 0 Å². The molecule has 2 aromatic rings. The lowest BCUT2D eigenvalue weighted by molar-refractivity contribution is 0.297. The standard InChI is InChI=1S/C18H22BrNO/c1-12-5-8-17(15(9-12)18(2,3)4)21-11-13-6-7-14(20)10-16(13)19/h5-10H,11,20H2,1-4H3. The fourth-order valence-corrected chi connectivity index (χ4v) is 2.70. The van der Waals surface area contributed by atoms with Gasteiger partial charge >= 0.3 is 0 Å². The van der Waals surface area contributed by atoms with Gasteiger partial charge in [-0.1, -0.05) is 60.5 Å². The summed E-state index contributed by atoms with van der Waals surface area (Å²) >= 11 is 3.53. The maximum atomic E-state index is 6.05. The minimum Gasteiger partial charge on any atom is -0.489 e. The summed E-state index contributed by atoms with van der Waals surface area (Å²) in [5.74, 6) is 0.942. The highest BCUT2D eigenvalue weighted by Crippen LogP contribution is 2.33. The molecule has 0 atom stereocenters. The third-order valence-electron chi connectivity index (χ3n) is 3.40. The Morgan fingerprint density at radius 2 is 1.81 bits per heavy atom. The Kier molecular flexibility index (Phi) is 4.62. The molecule has 3 heteroatoms. The van der Waals surface area contributed by atoms with E-state index in [-0.39, 0.29) is 5.41 Å². The summed E-state index contributed by atoms with van der Waals surface area (Å²) in [6.45, 7) is 9.23. The number of halogens is 1. The number of nitrogen functional groups attached to an aromatic ring is 1. The van der Waals surface area contributed by atoms with E-state index in [1.165, 1.54) is 11.1 Å². The topological polar surface area (TPSA) is 35.2 Å². The SMILES string of the molecule is Cc1ccc(OCc2ccc(N)cc2Br)c(C(C)(C)C)c1. The van der Waals surface area contributed by atoms with Crippen LogP contribution in [0.1, 0.15) is 37.5 Å². The van der Waals surface area contributed by atoms with Crippen LogP contribution < -0.4 is 10.5 Å². The van der Waals surface area contributed by atoms with Gasteiger partial charge < -0.3 is 10.5 Å². The molecule has 0 aromatic heterocycles. The molecule has 21 heavy (non-hydrogen) atoms. The first kappa shape index (κ1) is 15.9. The second-order valence-corrected chi connectivity index (χ2v) is 7.24. The van der Waals surface area contributed by atoms with Crippen molar-refractivity contribution in [3.8, 4) is 5.75 Å². The molecule has 0 amide bonds. The fourth-order valence-electron chi connectivity index (χ4n) is 2.19. The molecule has 0 saturated heterocycles. The van der Waals surface area contributed by atoms with Gasteiger partial charge in [-0.05, 0) is 36.1 Å². The molecule has 0 aliphatic carbocycles. The van der Waals surface area contributed by atoms with Crippen LogP contribution in [0.2, 0.25) is 0 Å². The van der Waals surface area contributed by atoms with E-state index in [0.29, 0.717) is 6.61 Å². The number of rotatable bonds is 3. The van der Waals surface area contributed by atoms with Crippen LogP contribution in [-0.4, -0.2) is 0 Å². The predicted octanol–water partition coefficient (Wildman–Crippen LogP) is 5.22. The first-order valence-corrected chi connectivity index (χ1v) is 7.84. The van der Waals surface area contributed by atoms with Gasteiger partial charge in [-0.2, -0.15) is 0 Å². The average Bonchev–Trinajstić information content (AvgIpc) is 2.38. The molecule has 2 nitrogen and oxygen atoms in total.